The van der Waals surface area contributed by atoms with Crippen LogP contribution < -0.4 is 5.32 Å². The van der Waals surface area contributed by atoms with Gasteiger partial charge in [-0.1, -0.05) is 54.6 Å². The number of benzene rings is 3. The van der Waals surface area contributed by atoms with Gasteiger partial charge in [-0.25, -0.2) is 15.0 Å². The Bertz CT molecular complexity index is 1300. The summed E-state index contributed by atoms with van der Waals surface area (Å²) in [5.41, 5.74) is 3.84. The van der Waals surface area contributed by atoms with Gasteiger partial charge >= 0.3 is 0 Å². The molecule has 2 aromatic heterocycles. The molecule has 5 aromatic rings. The van der Waals surface area contributed by atoms with Crippen LogP contribution in [0.15, 0.2) is 91.3 Å². The van der Waals surface area contributed by atoms with Crippen LogP contribution in [0.1, 0.15) is 10.4 Å². The molecule has 0 saturated carbocycles. The Kier molecular flexibility index (Phi) is 4.75. The Balaban J connectivity index is 1.41. The minimum absolute atomic E-state index is 0.261. The molecule has 144 valence electrons. The van der Waals surface area contributed by atoms with Crippen LogP contribution in [0, 0.1) is 0 Å². The number of hydrogen-bond acceptors (Lipinski definition) is 5. The maximum Gasteiger partial charge on any atom is 0.258 e. The number of carbonyl (C=O) groups is 1. The van der Waals surface area contributed by atoms with Gasteiger partial charge in [-0.3, -0.25) is 4.79 Å². The highest BCUT2D eigenvalue weighted by Crippen LogP contribution is 2.34. The first-order valence-electron chi connectivity index (χ1n) is 9.42. The molecule has 3 aromatic carbocycles. The lowest BCUT2D eigenvalue weighted by Crippen LogP contribution is -2.13. The molecule has 0 aliphatic rings. The number of amides is 1. The minimum atomic E-state index is -0.261. The predicted octanol–water partition coefficient (Wildman–Crippen LogP) is 5.67. The molecule has 5 nitrogen and oxygen atoms in total. The lowest BCUT2D eigenvalue weighted by molar-refractivity contribution is 0.102. The van der Waals surface area contributed by atoms with Gasteiger partial charge in [0.1, 0.15) is 5.01 Å². The monoisotopic (exact) mass is 408 g/mol. The number of hydrogen-bond donors (Lipinski definition) is 1. The van der Waals surface area contributed by atoms with Crippen LogP contribution in [0.3, 0.4) is 0 Å². The molecule has 0 aliphatic heterocycles. The number of carbonyl (C=O) groups excluding carboxylic acids is 1. The highest BCUT2D eigenvalue weighted by atomic mass is 32.1. The third-order valence-electron chi connectivity index (χ3n) is 4.65. The Hall–Kier alpha value is -3.90. The van der Waals surface area contributed by atoms with Crippen LogP contribution in [0.5, 0.6) is 0 Å². The van der Waals surface area contributed by atoms with E-state index in [1.807, 2.05) is 78.9 Å². The molecule has 0 bridgehead atoms. The normalized spacial score (nSPS) is 10.8. The van der Waals surface area contributed by atoms with E-state index < -0.39 is 0 Å². The maximum absolute atomic E-state index is 12.8. The van der Waals surface area contributed by atoms with Gasteiger partial charge in [-0.2, -0.15) is 0 Å². The zero-order valence-electron chi connectivity index (χ0n) is 15.8. The molecule has 0 radical (unpaired) electrons. The van der Waals surface area contributed by atoms with Crippen LogP contribution in [0.25, 0.3) is 32.2 Å². The standard InChI is InChI=1S/C24H16N4OS/c29-23(17-14-25-22(26-15-17)16-8-2-1-3-9-16)27-19-11-5-4-10-18(19)24-28-20-12-6-7-13-21(20)30-24/h1-15H,(H,27,29). The summed E-state index contributed by atoms with van der Waals surface area (Å²) >= 11 is 1.60. The van der Waals surface area contributed by atoms with Gasteiger partial charge in [0.2, 0.25) is 0 Å². The van der Waals surface area contributed by atoms with E-state index in [1.165, 1.54) is 0 Å². The average molecular weight is 408 g/mol. The van der Waals surface area contributed by atoms with E-state index in [2.05, 4.69) is 15.3 Å². The van der Waals surface area contributed by atoms with Crippen LogP contribution in [-0.4, -0.2) is 20.9 Å². The molecule has 1 amide bonds. The molecule has 0 aliphatic carbocycles. The lowest BCUT2D eigenvalue weighted by atomic mass is 10.1. The molecule has 0 atom stereocenters. The van der Waals surface area contributed by atoms with Crippen LogP contribution in [-0.2, 0) is 0 Å². The first kappa shape index (κ1) is 18.1. The highest BCUT2D eigenvalue weighted by Gasteiger charge is 2.14. The van der Waals surface area contributed by atoms with Crippen LogP contribution >= 0.6 is 11.3 Å². The van der Waals surface area contributed by atoms with Gasteiger partial charge in [0.05, 0.1) is 21.5 Å². The predicted molar refractivity (Wildman–Crippen MR) is 120 cm³/mol. The largest absolute Gasteiger partial charge is 0.321 e. The van der Waals surface area contributed by atoms with Crippen molar-refractivity contribution in [1.82, 2.24) is 15.0 Å². The van der Waals surface area contributed by atoms with E-state index >= 15 is 0 Å². The lowest BCUT2D eigenvalue weighted by Gasteiger charge is -2.09. The maximum atomic E-state index is 12.8. The molecule has 30 heavy (non-hydrogen) atoms. The Labute approximate surface area is 177 Å². The quantitative estimate of drug-likeness (QED) is 0.416. The summed E-state index contributed by atoms with van der Waals surface area (Å²) in [4.78, 5) is 26.2. The third kappa shape index (κ3) is 3.56. The van der Waals surface area contributed by atoms with Gasteiger partial charge < -0.3 is 5.32 Å². The van der Waals surface area contributed by atoms with Crippen molar-refractivity contribution in [3.63, 3.8) is 0 Å². The molecule has 0 spiro atoms. The van der Waals surface area contributed by atoms with Crippen molar-refractivity contribution in [3.05, 3.63) is 96.8 Å². The fourth-order valence-corrected chi connectivity index (χ4v) is 4.15. The van der Waals surface area contributed by atoms with E-state index in [-0.39, 0.29) is 5.91 Å². The Morgan fingerprint density at radius 3 is 2.30 bits per heavy atom. The van der Waals surface area contributed by atoms with E-state index in [1.54, 1.807) is 23.7 Å². The average Bonchev–Trinajstić information content (AvgIpc) is 3.24. The molecule has 1 N–H and O–H groups in total. The van der Waals surface area contributed by atoms with E-state index in [9.17, 15) is 4.79 Å². The zero-order valence-corrected chi connectivity index (χ0v) is 16.6. The second kappa shape index (κ2) is 7.85. The highest BCUT2D eigenvalue weighted by molar-refractivity contribution is 7.21. The van der Waals surface area contributed by atoms with E-state index in [0.717, 1.165) is 26.4 Å². The summed E-state index contributed by atoms with van der Waals surface area (Å²) in [5.74, 6) is 0.324. The SMILES string of the molecule is O=C(Nc1ccccc1-c1nc2ccccc2s1)c1cnc(-c2ccccc2)nc1. The summed E-state index contributed by atoms with van der Waals surface area (Å²) in [6.45, 7) is 0. The zero-order chi connectivity index (χ0) is 20.3. The number of nitrogens with one attached hydrogen (secondary N) is 1. The van der Waals surface area contributed by atoms with Crippen molar-refractivity contribution in [2.75, 3.05) is 5.32 Å². The topological polar surface area (TPSA) is 67.8 Å². The second-order valence-corrected chi connectivity index (χ2v) is 7.68. The Morgan fingerprint density at radius 1 is 0.800 bits per heavy atom. The summed E-state index contributed by atoms with van der Waals surface area (Å²) in [7, 11) is 0. The number of fused-ring (bicyclic) bond motifs is 1. The van der Waals surface area contributed by atoms with Gasteiger partial charge in [-0.05, 0) is 24.3 Å². The molecular weight excluding hydrogens is 392 g/mol. The fraction of sp³-hybridized carbons (Fsp3) is 0. The molecule has 0 saturated heterocycles. The van der Waals surface area contributed by atoms with Crippen molar-refractivity contribution in [2.45, 2.75) is 0 Å². The first-order chi connectivity index (χ1) is 14.8. The van der Waals surface area contributed by atoms with Crippen molar-refractivity contribution in [1.29, 1.82) is 0 Å². The smallest absolute Gasteiger partial charge is 0.258 e. The minimum Gasteiger partial charge on any atom is -0.321 e. The van der Waals surface area contributed by atoms with Crippen molar-refractivity contribution in [2.24, 2.45) is 0 Å². The molecule has 5 rings (SSSR count). The van der Waals surface area contributed by atoms with Gasteiger partial charge in [0.15, 0.2) is 5.82 Å². The number of nitrogens with zero attached hydrogens (tertiary/aromatic N) is 3. The molecule has 2 heterocycles. The number of aromatic nitrogens is 3. The van der Waals surface area contributed by atoms with E-state index in [4.69, 9.17) is 4.98 Å². The van der Waals surface area contributed by atoms with Crippen LogP contribution in [0.2, 0.25) is 0 Å². The summed E-state index contributed by atoms with van der Waals surface area (Å²) in [6.07, 6.45) is 3.09. The number of rotatable bonds is 4. The second-order valence-electron chi connectivity index (χ2n) is 6.65. The van der Waals surface area contributed by atoms with Crippen molar-refractivity contribution in [3.8, 4) is 22.0 Å². The summed E-state index contributed by atoms with van der Waals surface area (Å²) in [5, 5.41) is 3.84. The van der Waals surface area contributed by atoms with Crippen molar-refractivity contribution < 1.29 is 4.79 Å². The van der Waals surface area contributed by atoms with Gasteiger partial charge in [-0.15, -0.1) is 11.3 Å². The van der Waals surface area contributed by atoms with Gasteiger partial charge in [0, 0.05) is 23.5 Å². The molecule has 0 fully saturated rings. The fourth-order valence-electron chi connectivity index (χ4n) is 3.14. The summed E-state index contributed by atoms with van der Waals surface area (Å²) in [6, 6.07) is 25.3. The number of para-hydroxylation sites is 2. The Morgan fingerprint density at radius 2 is 1.50 bits per heavy atom. The first-order valence-corrected chi connectivity index (χ1v) is 10.2. The third-order valence-corrected chi connectivity index (χ3v) is 5.72. The number of thiazole rings is 1. The molecule has 0 unspecified atom stereocenters. The van der Waals surface area contributed by atoms with E-state index in [0.29, 0.717) is 17.1 Å². The molecular formula is C24H16N4OS. The van der Waals surface area contributed by atoms with Crippen molar-refractivity contribution >= 4 is 33.1 Å². The summed E-state index contributed by atoms with van der Waals surface area (Å²) < 4.78 is 1.11. The van der Waals surface area contributed by atoms with Gasteiger partial charge in [0.25, 0.3) is 5.91 Å². The molecule has 6 heteroatoms. The van der Waals surface area contributed by atoms with Crippen LogP contribution in [0.4, 0.5) is 5.69 Å². The number of anilines is 1.